The maximum Gasteiger partial charge on any atom is 1.00 e. The van der Waals surface area contributed by atoms with Crippen molar-refractivity contribution < 1.29 is 74.2 Å². The summed E-state index contributed by atoms with van der Waals surface area (Å²) in [5.41, 5.74) is -2.46. The number of hydrogen-bond acceptors (Lipinski definition) is 12. The van der Waals surface area contributed by atoms with Crippen LogP contribution in [-0.4, -0.2) is 83.4 Å². The van der Waals surface area contributed by atoms with Gasteiger partial charge in [-0.1, -0.05) is 13.8 Å². The normalized spacial score (nSPS) is 24.0. The number of carboxylic acids is 1. The van der Waals surface area contributed by atoms with Crippen LogP contribution in [0.1, 0.15) is 63.1 Å². The molecule has 0 aliphatic carbocycles. The van der Waals surface area contributed by atoms with E-state index in [-0.39, 0.29) is 71.2 Å². The summed E-state index contributed by atoms with van der Waals surface area (Å²) in [7, 11) is 1.22. The molecule has 18 heteroatoms. The zero-order valence-electron chi connectivity index (χ0n) is 25.1. The van der Waals surface area contributed by atoms with E-state index in [9.17, 15) is 39.0 Å². The molecule has 4 heterocycles. The van der Waals surface area contributed by atoms with E-state index in [1.807, 2.05) is 13.8 Å². The predicted octanol–water partition coefficient (Wildman–Crippen LogP) is -3.70. The van der Waals surface area contributed by atoms with Gasteiger partial charge in [0.25, 0.3) is 11.1 Å². The number of hydrogen-bond donors (Lipinski definition) is 5. The Morgan fingerprint density at radius 2 is 1.27 bits per heavy atom. The van der Waals surface area contributed by atoms with Crippen molar-refractivity contribution in [1.82, 2.24) is 19.1 Å². The molecule has 17 nitrogen and oxygen atoms in total. The standard InChI is InChI=1S/C14H18N2O6.C13H16N2O6.Na.H2O/c1-3-10-9(17)6-11(22-10)16-7-8(4-5-12(18)21-2)13(19)15-14(16)20;1-2-9-8(16)5-10(21-9)15-6-7(3-4-11(17)18)12(19)14-13(15)20;;/h4-5,7,9-11,17H,3,6H2,1-2H3,(H,15,19,20);3-4,6,8-10,16H,2,5H2,1H3,(H,17,18)(H,14,19,20);;1H2/q;;+1;/p-1/b5-4+;4-3+;;/t9-,10-,11-;8-,9-,10-;;/m11../s1. The summed E-state index contributed by atoms with van der Waals surface area (Å²) in [6.07, 6.45) is 5.06. The summed E-state index contributed by atoms with van der Waals surface area (Å²) in [6, 6.07) is 0. The van der Waals surface area contributed by atoms with E-state index in [2.05, 4.69) is 14.7 Å². The van der Waals surface area contributed by atoms with E-state index in [1.54, 1.807) is 0 Å². The molecule has 0 radical (unpaired) electrons. The summed E-state index contributed by atoms with van der Waals surface area (Å²) in [6.45, 7) is 3.73. The van der Waals surface area contributed by atoms with Crippen molar-refractivity contribution >= 4 is 24.1 Å². The van der Waals surface area contributed by atoms with Gasteiger partial charge in [0.2, 0.25) is 0 Å². The number of aliphatic hydroxyl groups excluding tert-OH is 2. The fraction of sp³-hybridized carbons (Fsp3) is 0.481. The zero-order chi connectivity index (χ0) is 31.8. The van der Waals surface area contributed by atoms with Gasteiger partial charge in [-0.05, 0) is 25.0 Å². The van der Waals surface area contributed by atoms with Crippen LogP contribution in [0.4, 0.5) is 0 Å². The molecule has 2 aliphatic rings. The Kier molecular flexibility index (Phi) is 15.8. The number of aliphatic hydroxyl groups is 2. The van der Waals surface area contributed by atoms with Crippen molar-refractivity contribution in [1.29, 1.82) is 0 Å². The second-order valence-electron chi connectivity index (χ2n) is 9.71. The van der Waals surface area contributed by atoms with E-state index >= 15 is 0 Å². The van der Waals surface area contributed by atoms with Crippen molar-refractivity contribution in [3.8, 4) is 0 Å². The molecule has 2 aromatic heterocycles. The number of carboxylic acid groups (broad SMARTS) is 1. The maximum atomic E-state index is 11.9. The molecule has 2 fully saturated rings. The van der Waals surface area contributed by atoms with Crippen molar-refractivity contribution in [3.63, 3.8) is 0 Å². The Morgan fingerprint density at radius 1 is 0.867 bits per heavy atom. The van der Waals surface area contributed by atoms with Crippen LogP contribution in [0.2, 0.25) is 0 Å². The van der Waals surface area contributed by atoms with E-state index in [0.29, 0.717) is 12.8 Å². The minimum absolute atomic E-state index is 0. The Morgan fingerprint density at radius 3 is 1.60 bits per heavy atom. The third-order valence-corrected chi connectivity index (χ3v) is 6.83. The number of rotatable bonds is 8. The molecule has 6 atom stereocenters. The molecule has 0 spiro atoms. The number of esters is 1. The quantitative estimate of drug-likeness (QED) is 0.105. The molecule has 2 aromatic rings. The van der Waals surface area contributed by atoms with Crippen LogP contribution < -0.4 is 52.1 Å². The van der Waals surface area contributed by atoms with Gasteiger partial charge in [0, 0.05) is 37.4 Å². The van der Waals surface area contributed by atoms with Gasteiger partial charge in [0.05, 0.1) is 42.7 Å². The minimum Gasteiger partial charge on any atom is -0.870 e. The van der Waals surface area contributed by atoms with Crippen LogP contribution in [-0.2, 0) is 23.8 Å². The van der Waals surface area contributed by atoms with Gasteiger partial charge in [0.1, 0.15) is 12.5 Å². The van der Waals surface area contributed by atoms with Crippen LogP contribution in [0.25, 0.3) is 12.2 Å². The molecular weight excluding hydrogens is 611 g/mol. The average Bonchev–Trinajstić information content (AvgIpc) is 3.53. The number of carbonyl (C=O) groups excluding carboxylic acids is 1. The summed E-state index contributed by atoms with van der Waals surface area (Å²) in [4.78, 5) is 72.9. The number of carbonyl (C=O) groups is 2. The van der Waals surface area contributed by atoms with Gasteiger partial charge < -0.3 is 35.0 Å². The van der Waals surface area contributed by atoms with E-state index in [0.717, 1.165) is 22.8 Å². The second-order valence-corrected chi connectivity index (χ2v) is 9.71. The Balaban J connectivity index is 0.000000431. The number of aromatic nitrogens is 4. The van der Waals surface area contributed by atoms with Crippen molar-refractivity contribution in [2.24, 2.45) is 0 Å². The zero-order valence-corrected chi connectivity index (χ0v) is 27.1. The van der Waals surface area contributed by atoms with Gasteiger partial charge in [-0.2, -0.15) is 0 Å². The number of ether oxygens (including phenoxy) is 3. The van der Waals surface area contributed by atoms with Gasteiger partial charge >= 0.3 is 52.9 Å². The molecule has 4 rings (SSSR count). The Bertz CT molecular complexity index is 1610. The summed E-state index contributed by atoms with van der Waals surface area (Å²) in [5.74, 6) is -1.82. The number of H-pyrrole nitrogens is 2. The molecule has 6 N–H and O–H groups in total. The third-order valence-electron chi connectivity index (χ3n) is 6.83. The van der Waals surface area contributed by atoms with Crippen LogP contribution in [0.5, 0.6) is 0 Å². The molecule has 0 aromatic carbocycles. The van der Waals surface area contributed by atoms with E-state index in [1.165, 1.54) is 30.1 Å². The monoisotopic (exact) mass is 646 g/mol. The van der Waals surface area contributed by atoms with Crippen LogP contribution in [0.3, 0.4) is 0 Å². The van der Waals surface area contributed by atoms with Crippen molar-refractivity contribution in [2.45, 2.75) is 76.4 Å². The number of nitrogens with one attached hydrogen (secondary N) is 2. The summed E-state index contributed by atoms with van der Waals surface area (Å²) >= 11 is 0. The molecule has 2 aliphatic heterocycles. The molecule has 0 unspecified atom stereocenters. The largest absolute Gasteiger partial charge is 1.00 e. The van der Waals surface area contributed by atoms with Gasteiger partial charge in [-0.25, -0.2) is 19.2 Å². The molecule has 45 heavy (non-hydrogen) atoms. The number of aromatic amines is 2. The fourth-order valence-corrected chi connectivity index (χ4v) is 4.56. The first-order valence-corrected chi connectivity index (χ1v) is 13.4. The smallest absolute Gasteiger partial charge is 0.870 e. The Labute approximate surface area is 277 Å². The fourth-order valence-electron chi connectivity index (χ4n) is 4.56. The second kappa shape index (κ2) is 17.9. The molecule has 242 valence electrons. The molecule has 0 bridgehead atoms. The Hall–Kier alpha value is -3.42. The van der Waals surface area contributed by atoms with E-state index in [4.69, 9.17) is 14.6 Å². The summed E-state index contributed by atoms with van der Waals surface area (Å²) < 4.78 is 18.0. The molecule has 0 amide bonds. The van der Waals surface area contributed by atoms with Crippen molar-refractivity contribution in [2.75, 3.05) is 7.11 Å². The average molecular weight is 647 g/mol. The van der Waals surface area contributed by atoms with Gasteiger partial charge in [0.15, 0.2) is 0 Å². The first kappa shape index (κ1) is 39.6. The number of methoxy groups -OCH3 is 1. The number of aliphatic carboxylic acids is 1. The topological polar surface area (TPSA) is 262 Å². The van der Waals surface area contributed by atoms with Gasteiger partial charge in [-0.3, -0.25) is 28.7 Å². The first-order valence-electron chi connectivity index (χ1n) is 13.4. The van der Waals surface area contributed by atoms with E-state index < -0.39 is 59.1 Å². The van der Waals surface area contributed by atoms with Gasteiger partial charge in [-0.15, -0.1) is 0 Å². The molecule has 0 saturated carbocycles. The third kappa shape index (κ3) is 10.3. The SMILES string of the molecule is CC[C@H]1O[C@@H](n2cc(/C=C/C(=O)O)c(=O)[nH]c2=O)C[C@H]1O.CC[C@H]1O[C@@H](n2cc(/C=C/C(=O)OC)c(=O)[nH]c2=O)C[C@H]1O.[Na+].[OH-]. The molecular formula is C27H35N4NaO13. The minimum atomic E-state index is -1.20. The number of nitrogens with zero attached hydrogens (tertiary/aromatic N) is 2. The van der Waals surface area contributed by atoms with Crippen LogP contribution in [0.15, 0.2) is 43.7 Å². The molecule has 2 saturated heterocycles. The summed E-state index contributed by atoms with van der Waals surface area (Å²) in [5, 5.41) is 28.2. The van der Waals surface area contributed by atoms with Crippen molar-refractivity contribution in [3.05, 3.63) is 77.3 Å². The van der Waals surface area contributed by atoms with Crippen LogP contribution >= 0.6 is 0 Å². The first-order chi connectivity index (χ1) is 20.4. The predicted molar refractivity (Wildman–Crippen MR) is 152 cm³/mol. The maximum absolute atomic E-state index is 11.9. The van der Waals surface area contributed by atoms with Crippen LogP contribution in [0, 0.1) is 0 Å².